The van der Waals surface area contributed by atoms with Crippen molar-refractivity contribution in [2.75, 3.05) is 7.05 Å². The molecule has 0 aliphatic carbocycles. The molecule has 11 heavy (non-hydrogen) atoms. The van der Waals surface area contributed by atoms with Crippen molar-refractivity contribution < 1.29 is 32.7 Å². The first-order valence-corrected chi connectivity index (χ1v) is 3.95. The monoisotopic (exact) mass is 232 g/mol. The fraction of sp³-hybridized carbons (Fsp3) is 0.667. The van der Waals surface area contributed by atoms with Crippen LogP contribution < -0.4 is 0 Å². The van der Waals surface area contributed by atoms with Crippen LogP contribution in [0.4, 0.5) is 0 Å². The molecular formula is C9H21NY. The summed E-state index contributed by atoms with van der Waals surface area (Å²) in [7, 11) is 1.75. The Morgan fingerprint density at radius 2 is 1.36 bits per heavy atom. The van der Waals surface area contributed by atoms with Crippen LogP contribution in [-0.2, 0) is 32.7 Å². The molecule has 1 nitrogen and oxygen atoms in total. The second kappa shape index (κ2) is 46.7. The Morgan fingerprint density at radius 1 is 1.00 bits per heavy atom. The molecular weight excluding hydrogens is 211 g/mol. The fourth-order valence-corrected chi connectivity index (χ4v) is 0.172. The van der Waals surface area contributed by atoms with Crippen molar-refractivity contribution in [3.63, 3.8) is 0 Å². The Morgan fingerprint density at radius 3 is 1.45 bits per heavy atom. The summed E-state index contributed by atoms with van der Waals surface area (Å²) in [4.78, 5) is 3.71. The molecule has 0 bridgehead atoms. The van der Waals surface area contributed by atoms with Gasteiger partial charge < -0.3 is 0 Å². The molecule has 0 amide bonds. The summed E-state index contributed by atoms with van der Waals surface area (Å²) < 4.78 is 0. The van der Waals surface area contributed by atoms with Crippen molar-refractivity contribution in [2.45, 2.75) is 34.6 Å². The third-order valence-corrected chi connectivity index (χ3v) is 0.428. The standard InChI is InChI=1S/C5H9N.2C2H6.Y/c1-3-4-5-6-2;2*1-2;/h3-5H,1-2H3;2*1-2H3;/b4-3-,6-5?;;;. The van der Waals surface area contributed by atoms with E-state index in [9.17, 15) is 0 Å². The molecule has 0 aromatic carbocycles. The maximum atomic E-state index is 3.71. The number of allylic oxidation sites excluding steroid dienone is 2. The minimum Gasteiger partial charge on any atom is -0.297 e. The molecule has 0 N–H and O–H groups in total. The van der Waals surface area contributed by atoms with Gasteiger partial charge in [0, 0.05) is 46.0 Å². The molecule has 0 rings (SSSR count). The molecule has 0 heterocycles. The van der Waals surface area contributed by atoms with E-state index in [2.05, 4.69) is 4.99 Å². The van der Waals surface area contributed by atoms with Crippen molar-refractivity contribution in [3.8, 4) is 0 Å². The zero-order chi connectivity index (χ0) is 8.83. The summed E-state index contributed by atoms with van der Waals surface area (Å²) >= 11 is 0. The van der Waals surface area contributed by atoms with Gasteiger partial charge in [0.2, 0.25) is 0 Å². The van der Waals surface area contributed by atoms with Gasteiger partial charge in [0.25, 0.3) is 0 Å². The molecule has 0 atom stereocenters. The number of nitrogens with zero attached hydrogens (tertiary/aromatic N) is 1. The maximum Gasteiger partial charge on any atom is 0.0277 e. The average Bonchev–Trinajstić information content (AvgIpc) is 2.08. The summed E-state index contributed by atoms with van der Waals surface area (Å²) in [5.41, 5.74) is 0. The molecule has 0 fully saturated rings. The van der Waals surface area contributed by atoms with Crippen LogP contribution in [0.15, 0.2) is 17.1 Å². The second-order valence-corrected chi connectivity index (χ2v) is 0.933. The summed E-state index contributed by atoms with van der Waals surface area (Å²) in [5.74, 6) is 0. The van der Waals surface area contributed by atoms with Gasteiger partial charge in [-0.25, -0.2) is 0 Å². The molecule has 0 aromatic rings. The molecule has 0 aliphatic heterocycles. The predicted octanol–water partition coefficient (Wildman–Crippen LogP) is 3.31. The molecule has 2 heteroatoms. The minimum absolute atomic E-state index is 0. The van der Waals surface area contributed by atoms with Gasteiger partial charge in [-0.2, -0.15) is 0 Å². The molecule has 0 aliphatic rings. The summed E-state index contributed by atoms with van der Waals surface area (Å²) in [5, 5.41) is 0. The van der Waals surface area contributed by atoms with Crippen LogP contribution in [-0.4, -0.2) is 13.3 Å². The van der Waals surface area contributed by atoms with Crippen LogP contribution in [0.3, 0.4) is 0 Å². The van der Waals surface area contributed by atoms with E-state index in [1.165, 1.54) is 0 Å². The zero-order valence-corrected chi connectivity index (χ0v) is 11.6. The van der Waals surface area contributed by atoms with Crippen molar-refractivity contribution in [1.82, 2.24) is 0 Å². The Balaban J connectivity index is -0.0000000428. The SMILES string of the molecule is C/C=C\C=NC.CC.CC.[Y]. The topological polar surface area (TPSA) is 12.4 Å². The molecule has 65 valence electrons. The van der Waals surface area contributed by atoms with Gasteiger partial charge in [0.15, 0.2) is 0 Å². The van der Waals surface area contributed by atoms with Crippen molar-refractivity contribution in [3.05, 3.63) is 12.2 Å². The molecule has 0 unspecified atom stereocenters. The van der Waals surface area contributed by atoms with Gasteiger partial charge in [0.05, 0.1) is 0 Å². The van der Waals surface area contributed by atoms with Gasteiger partial charge >= 0.3 is 0 Å². The number of hydrogen-bond donors (Lipinski definition) is 0. The smallest absolute Gasteiger partial charge is 0.0277 e. The number of rotatable bonds is 1. The normalized spacial score (nSPS) is 7.45. The van der Waals surface area contributed by atoms with Crippen molar-refractivity contribution in [2.24, 2.45) is 4.99 Å². The van der Waals surface area contributed by atoms with Crippen molar-refractivity contribution in [1.29, 1.82) is 0 Å². The number of aliphatic imine (C=N–C) groups is 1. The Hall–Kier alpha value is 0.514. The first-order chi connectivity index (χ1) is 4.91. The van der Waals surface area contributed by atoms with Gasteiger partial charge in [-0.05, 0) is 13.0 Å². The first kappa shape index (κ1) is 22.5. The van der Waals surface area contributed by atoms with Crippen molar-refractivity contribution >= 4 is 6.21 Å². The van der Waals surface area contributed by atoms with Crippen LogP contribution in [0.25, 0.3) is 0 Å². The maximum absolute atomic E-state index is 3.71. The average molecular weight is 232 g/mol. The Labute approximate surface area is 97.3 Å². The van der Waals surface area contributed by atoms with Crippen LogP contribution in [0, 0.1) is 0 Å². The van der Waals surface area contributed by atoms with Gasteiger partial charge in [-0.3, -0.25) is 4.99 Å². The van der Waals surface area contributed by atoms with E-state index >= 15 is 0 Å². The predicted molar refractivity (Wildman–Crippen MR) is 51.9 cm³/mol. The largest absolute Gasteiger partial charge is 0.297 e. The third kappa shape index (κ3) is 61.7. The van der Waals surface area contributed by atoms with E-state index in [0.717, 1.165) is 0 Å². The van der Waals surface area contributed by atoms with Gasteiger partial charge in [-0.15, -0.1) is 0 Å². The van der Waals surface area contributed by atoms with E-state index < -0.39 is 0 Å². The molecule has 1 radical (unpaired) electrons. The van der Waals surface area contributed by atoms with Crippen LogP contribution >= 0.6 is 0 Å². The Kier molecular flexibility index (Phi) is 95.7. The summed E-state index contributed by atoms with van der Waals surface area (Å²) in [6.07, 6.45) is 5.58. The van der Waals surface area contributed by atoms with E-state index in [1.54, 1.807) is 13.3 Å². The van der Waals surface area contributed by atoms with E-state index in [-0.39, 0.29) is 32.7 Å². The molecule has 0 saturated heterocycles. The van der Waals surface area contributed by atoms with Crippen LogP contribution in [0.5, 0.6) is 0 Å². The van der Waals surface area contributed by atoms with E-state index in [4.69, 9.17) is 0 Å². The van der Waals surface area contributed by atoms with Gasteiger partial charge in [-0.1, -0.05) is 33.8 Å². The quantitative estimate of drug-likeness (QED) is 0.615. The van der Waals surface area contributed by atoms with Crippen LogP contribution in [0.1, 0.15) is 34.6 Å². The molecule has 0 spiro atoms. The molecule has 0 saturated carbocycles. The minimum atomic E-state index is 0. The first-order valence-electron chi connectivity index (χ1n) is 3.95. The third-order valence-electron chi connectivity index (χ3n) is 0.428. The summed E-state index contributed by atoms with van der Waals surface area (Å²) in [6.45, 7) is 9.96. The van der Waals surface area contributed by atoms with Gasteiger partial charge in [0.1, 0.15) is 0 Å². The van der Waals surface area contributed by atoms with E-state index in [0.29, 0.717) is 0 Å². The second-order valence-electron chi connectivity index (χ2n) is 0.933. The van der Waals surface area contributed by atoms with Crippen LogP contribution in [0.2, 0.25) is 0 Å². The Bertz CT molecular complexity index is 58.0. The zero-order valence-electron chi connectivity index (χ0n) is 8.76. The molecule has 0 aromatic heterocycles. The summed E-state index contributed by atoms with van der Waals surface area (Å²) in [6, 6.07) is 0. The number of hydrogen-bond acceptors (Lipinski definition) is 1. The fourth-order valence-electron chi connectivity index (χ4n) is 0.172. The van der Waals surface area contributed by atoms with E-state index in [1.807, 2.05) is 46.8 Å².